The third-order valence-electron chi connectivity index (χ3n) is 1.50. The Labute approximate surface area is 62.2 Å². The summed E-state index contributed by atoms with van der Waals surface area (Å²) in [6, 6.07) is 0. The van der Waals surface area contributed by atoms with Crippen LogP contribution >= 0.6 is 0 Å². The lowest BCUT2D eigenvalue weighted by Gasteiger charge is -1.94. The predicted octanol–water partition coefficient (Wildman–Crippen LogP) is 2.70. The lowest BCUT2D eigenvalue weighted by molar-refractivity contribution is 0.923. The minimum absolute atomic E-state index is 0.988. The Bertz CT molecular complexity index is 175. The molecule has 0 saturated carbocycles. The van der Waals surface area contributed by atoms with Gasteiger partial charge in [-0.3, -0.25) is 4.99 Å². The van der Waals surface area contributed by atoms with Crippen LogP contribution in [0, 0.1) is 0 Å². The van der Waals surface area contributed by atoms with E-state index in [0.717, 1.165) is 6.42 Å². The van der Waals surface area contributed by atoms with Gasteiger partial charge >= 0.3 is 0 Å². The van der Waals surface area contributed by atoms with Gasteiger partial charge in [-0.25, -0.2) is 0 Å². The largest absolute Gasteiger partial charge is 0.269 e. The van der Waals surface area contributed by atoms with Gasteiger partial charge in [0.15, 0.2) is 0 Å². The minimum atomic E-state index is 0.988. The maximum atomic E-state index is 4.05. The molecule has 1 heteroatoms. The molecule has 0 atom stereocenters. The highest BCUT2D eigenvalue weighted by atomic mass is 14.7. The number of hydrogen-bond donors (Lipinski definition) is 0. The molecule has 0 aromatic rings. The molecule has 0 unspecified atom stereocenters. The van der Waals surface area contributed by atoms with Crippen molar-refractivity contribution >= 4 is 6.21 Å². The van der Waals surface area contributed by atoms with E-state index >= 15 is 0 Å². The van der Waals surface area contributed by atoms with Crippen molar-refractivity contribution in [1.82, 2.24) is 0 Å². The number of aliphatic imine (C=N–C) groups is 1. The van der Waals surface area contributed by atoms with Crippen LogP contribution in [0.5, 0.6) is 0 Å². The average Bonchev–Trinajstić information content (AvgIpc) is 2.17. The van der Waals surface area contributed by atoms with Gasteiger partial charge in [0, 0.05) is 18.8 Å². The van der Waals surface area contributed by atoms with E-state index in [-0.39, 0.29) is 0 Å². The molecule has 1 nitrogen and oxygen atoms in total. The van der Waals surface area contributed by atoms with Crippen molar-refractivity contribution in [3.8, 4) is 0 Å². The summed E-state index contributed by atoms with van der Waals surface area (Å²) in [7, 11) is 0. The molecule has 1 aliphatic heterocycles. The Balaban J connectivity index is 2.51. The summed E-state index contributed by atoms with van der Waals surface area (Å²) in [5.74, 6) is 0. The Kier molecular flexibility index (Phi) is 2.94. The highest BCUT2D eigenvalue weighted by Crippen LogP contribution is 2.08. The number of hydrogen-bond acceptors (Lipinski definition) is 1. The standard InChI is InChI=1S/C9H13N/c1-2-4-9-5-3-7-10-8-6-9/h5-8H,2-4H2,1H3. The van der Waals surface area contributed by atoms with E-state index in [0.29, 0.717) is 0 Å². The molecular weight excluding hydrogens is 122 g/mol. The zero-order valence-corrected chi connectivity index (χ0v) is 6.38. The van der Waals surface area contributed by atoms with Gasteiger partial charge in [0.25, 0.3) is 0 Å². The smallest absolute Gasteiger partial charge is 0.0266 e. The zero-order valence-electron chi connectivity index (χ0n) is 6.38. The fourth-order valence-corrected chi connectivity index (χ4v) is 1.01. The molecule has 1 heterocycles. The van der Waals surface area contributed by atoms with Crippen molar-refractivity contribution in [2.24, 2.45) is 4.99 Å². The minimum Gasteiger partial charge on any atom is -0.269 e. The fourth-order valence-electron chi connectivity index (χ4n) is 1.01. The third-order valence-corrected chi connectivity index (χ3v) is 1.50. The number of rotatable bonds is 2. The molecule has 0 spiro atoms. The molecule has 0 saturated heterocycles. The van der Waals surface area contributed by atoms with Crippen LogP contribution in [-0.4, -0.2) is 6.21 Å². The summed E-state index contributed by atoms with van der Waals surface area (Å²) in [6.07, 6.45) is 11.5. The molecule has 54 valence electrons. The van der Waals surface area contributed by atoms with E-state index in [1.54, 1.807) is 0 Å². The first-order chi connectivity index (χ1) is 4.93. The van der Waals surface area contributed by atoms with Gasteiger partial charge in [-0.2, -0.15) is 0 Å². The molecule has 0 aromatic carbocycles. The molecule has 0 fully saturated rings. The van der Waals surface area contributed by atoms with Crippen LogP contribution in [0.1, 0.15) is 26.2 Å². The van der Waals surface area contributed by atoms with Gasteiger partial charge in [-0.05, 0) is 12.5 Å². The van der Waals surface area contributed by atoms with Gasteiger partial charge in [0.1, 0.15) is 0 Å². The Morgan fingerprint density at radius 3 is 3.30 bits per heavy atom. The average molecular weight is 135 g/mol. The molecule has 1 rings (SSSR count). The second kappa shape index (κ2) is 4.04. The monoisotopic (exact) mass is 135 g/mol. The Morgan fingerprint density at radius 2 is 2.50 bits per heavy atom. The molecule has 0 bridgehead atoms. The topological polar surface area (TPSA) is 12.4 Å². The van der Waals surface area contributed by atoms with Gasteiger partial charge in [0.2, 0.25) is 0 Å². The molecule has 0 amide bonds. The molecule has 0 N–H and O–H groups in total. The van der Waals surface area contributed by atoms with Crippen LogP contribution < -0.4 is 0 Å². The maximum Gasteiger partial charge on any atom is 0.0266 e. The van der Waals surface area contributed by atoms with Crippen molar-refractivity contribution in [1.29, 1.82) is 0 Å². The second-order valence-electron chi connectivity index (χ2n) is 2.41. The first-order valence-corrected chi connectivity index (χ1v) is 3.80. The van der Waals surface area contributed by atoms with E-state index in [9.17, 15) is 0 Å². The number of nitrogens with zero attached hydrogens (tertiary/aromatic N) is 1. The van der Waals surface area contributed by atoms with Crippen LogP contribution in [0.25, 0.3) is 0 Å². The second-order valence-corrected chi connectivity index (χ2v) is 2.41. The van der Waals surface area contributed by atoms with Gasteiger partial charge in [-0.1, -0.05) is 25.0 Å². The molecular formula is C9H13N. The van der Waals surface area contributed by atoms with E-state index in [1.807, 2.05) is 12.4 Å². The molecule has 0 aromatic heterocycles. The van der Waals surface area contributed by atoms with Crippen molar-refractivity contribution in [2.45, 2.75) is 26.2 Å². The van der Waals surface area contributed by atoms with Gasteiger partial charge in [-0.15, -0.1) is 0 Å². The SMILES string of the molecule is CCCC1=CCC=NC=C1. The van der Waals surface area contributed by atoms with Gasteiger partial charge in [0.05, 0.1) is 0 Å². The summed E-state index contributed by atoms with van der Waals surface area (Å²) in [6.45, 7) is 2.19. The maximum absolute atomic E-state index is 4.05. The Hall–Kier alpha value is -0.850. The van der Waals surface area contributed by atoms with E-state index in [1.165, 1.54) is 18.4 Å². The molecule has 10 heavy (non-hydrogen) atoms. The van der Waals surface area contributed by atoms with Crippen LogP contribution in [0.2, 0.25) is 0 Å². The molecule has 0 radical (unpaired) electrons. The quantitative estimate of drug-likeness (QED) is 0.552. The van der Waals surface area contributed by atoms with Crippen molar-refractivity contribution < 1.29 is 0 Å². The fraction of sp³-hybridized carbons (Fsp3) is 0.444. The van der Waals surface area contributed by atoms with Crippen LogP contribution in [-0.2, 0) is 0 Å². The van der Waals surface area contributed by atoms with Crippen LogP contribution in [0.15, 0.2) is 28.9 Å². The third kappa shape index (κ3) is 2.18. The first kappa shape index (κ1) is 7.26. The number of allylic oxidation sites excluding steroid dienone is 3. The predicted molar refractivity (Wildman–Crippen MR) is 45.2 cm³/mol. The van der Waals surface area contributed by atoms with Gasteiger partial charge < -0.3 is 0 Å². The van der Waals surface area contributed by atoms with Crippen LogP contribution in [0.4, 0.5) is 0 Å². The summed E-state index contributed by atoms with van der Waals surface area (Å²) < 4.78 is 0. The zero-order chi connectivity index (χ0) is 7.23. The first-order valence-electron chi connectivity index (χ1n) is 3.80. The highest BCUT2D eigenvalue weighted by Gasteiger charge is 1.90. The van der Waals surface area contributed by atoms with Crippen molar-refractivity contribution in [3.63, 3.8) is 0 Å². The van der Waals surface area contributed by atoms with Crippen molar-refractivity contribution in [3.05, 3.63) is 23.9 Å². The lowest BCUT2D eigenvalue weighted by Crippen LogP contribution is -1.76. The molecule has 0 aliphatic carbocycles. The summed E-state index contributed by atoms with van der Waals surface area (Å²) in [4.78, 5) is 4.05. The normalized spacial score (nSPS) is 16.7. The summed E-state index contributed by atoms with van der Waals surface area (Å²) >= 11 is 0. The Morgan fingerprint density at radius 1 is 1.60 bits per heavy atom. The summed E-state index contributed by atoms with van der Waals surface area (Å²) in [5, 5.41) is 0. The van der Waals surface area contributed by atoms with E-state index in [4.69, 9.17) is 0 Å². The van der Waals surface area contributed by atoms with Crippen molar-refractivity contribution in [2.75, 3.05) is 0 Å². The van der Waals surface area contributed by atoms with E-state index < -0.39 is 0 Å². The lowest BCUT2D eigenvalue weighted by atomic mass is 10.1. The summed E-state index contributed by atoms with van der Waals surface area (Å²) in [5.41, 5.74) is 1.42. The van der Waals surface area contributed by atoms with Crippen LogP contribution in [0.3, 0.4) is 0 Å². The van der Waals surface area contributed by atoms with E-state index in [2.05, 4.69) is 24.1 Å². The highest BCUT2D eigenvalue weighted by molar-refractivity contribution is 5.61. The molecule has 1 aliphatic rings.